The van der Waals surface area contributed by atoms with Crippen molar-refractivity contribution in [1.29, 1.82) is 0 Å². The van der Waals surface area contributed by atoms with E-state index in [4.69, 9.17) is 4.84 Å². The van der Waals surface area contributed by atoms with Crippen LogP contribution in [0.2, 0.25) is 0 Å². The molecule has 1 atom stereocenters. The summed E-state index contributed by atoms with van der Waals surface area (Å²) in [6.07, 6.45) is 2.31. The Labute approximate surface area is 84.5 Å². The molecule has 1 rings (SSSR count). The van der Waals surface area contributed by atoms with Gasteiger partial charge in [-0.1, -0.05) is 0 Å². The summed E-state index contributed by atoms with van der Waals surface area (Å²) in [5.41, 5.74) is 2.35. The Kier molecular flexibility index (Phi) is 4.69. The summed E-state index contributed by atoms with van der Waals surface area (Å²) in [5.74, 6) is 0. The van der Waals surface area contributed by atoms with Gasteiger partial charge in [-0.2, -0.15) is 0 Å². The first kappa shape index (κ1) is 11.3. The monoisotopic (exact) mass is 201 g/mol. The second-order valence-corrected chi connectivity index (χ2v) is 3.83. The first-order chi connectivity index (χ1) is 6.68. The van der Waals surface area contributed by atoms with Crippen molar-refractivity contribution in [1.82, 2.24) is 16.1 Å². The van der Waals surface area contributed by atoms with Crippen LogP contribution in [0, 0.1) is 0 Å². The summed E-state index contributed by atoms with van der Waals surface area (Å²) in [6.45, 7) is 5.38. The number of amides is 2. The van der Waals surface area contributed by atoms with E-state index in [2.05, 4.69) is 16.1 Å². The van der Waals surface area contributed by atoms with Gasteiger partial charge in [0.1, 0.15) is 0 Å². The number of nitrogens with one attached hydrogen (secondary N) is 3. The molecule has 5 heteroatoms. The van der Waals surface area contributed by atoms with Gasteiger partial charge >= 0.3 is 6.03 Å². The van der Waals surface area contributed by atoms with Crippen molar-refractivity contribution in [2.24, 2.45) is 0 Å². The van der Waals surface area contributed by atoms with Gasteiger partial charge in [-0.05, 0) is 33.2 Å². The van der Waals surface area contributed by atoms with E-state index >= 15 is 0 Å². The molecule has 5 nitrogen and oxygen atoms in total. The fourth-order valence-electron chi connectivity index (χ4n) is 1.40. The Morgan fingerprint density at radius 2 is 2.43 bits per heavy atom. The quantitative estimate of drug-likeness (QED) is 0.576. The molecule has 0 aliphatic carbocycles. The highest BCUT2D eigenvalue weighted by Gasteiger charge is 2.14. The molecule has 1 heterocycles. The average Bonchev–Trinajstić information content (AvgIpc) is 2.55. The van der Waals surface area contributed by atoms with Crippen molar-refractivity contribution in [2.45, 2.75) is 38.8 Å². The van der Waals surface area contributed by atoms with Crippen LogP contribution in [0.3, 0.4) is 0 Å². The highest BCUT2D eigenvalue weighted by Crippen LogP contribution is 2.03. The van der Waals surface area contributed by atoms with Gasteiger partial charge < -0.3 is 10.6 Å². The van der Waals surface area contributed by atoms with E-state index in [-0.39, 0.29) is 12.1 Å². The van der Waals surface area contributed by atoms with Crippen LogP contribution < -0.4 is 16.1 Å². The molecule has 2 amide bonds. The first-order valence-electron chi connectivity index (χ1n) is 5.10. The van der Waals surface area contributed by atoms with E-state index in [1.165, 1.54) is 6.42 Å². The van der Waals surface area contributed by atoms with Crippen LogP contribution in [0.25, 0.3) is 0 Å². The predicted molar refractivity (Wildman–Crippen MR) is 53.8 cm³/mol. The van der Waals surface area contributed by atoms with Gasteiger partial charge in [0.2, 0.25) is 0 Å². The molecular formula is C9H19N3O2. The third-order valence-electron chi connectivity index (χ3n) is 2.03. The molecule has 1 unspecified atom stereocenters. The lowest BCUT2D eigenvalue weighted by Gasteiger charge is -2.12. The summed E-state index contributed by atoms with van der Waals surface area (Å²) in [6, 6.07) is 0.232. The summed E-state index contributed by atoms with van der Waals surface area (Å²) < 4.78 is 0. The lowest BCUT2D eigenvalue weighted by molar-refractivity contribution is 0.0486. The van der Waals surface area contributed by atoms with Crippen molar-refractivity contribution < 1.29 is 9.63 Å². The predicted octanol–water partition coefficient (Wildman–Crippen LogP) is 0.378. The number of hydrogen-bond donors (Lipinski definition) is 3. The lowest BCUT2D eigenvalue weighted by Crippen LogP contribution is -2.41. The minimum atomic E-state index is -0.280. The fraction of sp³-hybridized carbons (Fsp3) is 0.889. The van der Waals surface area contributed by atoms with Crippen molar-refractivity contribution >= 4 is 6.03 Å². The van der Waals surface area contributed by atoms with Gasteiger partial charge in [-0.3, -0.25) is 4.84 Å². The number of urea groups is 1. The number of carbonyl (C=O) groups is 1. The smallest absolute Gasteiger partial charge is 0.334 e. The number of hydrogen-bond acceptors (Lipinski definition) is 3. The summed E-state index contributed by atoms with van der Waals surface area (Å²) >= 11 is 0. The van der Waals surface area contributed by atoms with E-state index < -0.39 is 0 Å². The molecule has 0 spiro atoms. The molecule has 0 radical (unpaired) electrons. The maximum absolute atomic E-state index is 11.1. The topological polar surface area (TPSA) is 62.4 Å². The molecule has 14 heavy (non-hydrogen) atoms. The van der Waals surface area contributed by atoms with Crippen molar-refractivity contribution in [3.05, 3.63) is 0 Å². The second kappa shape index (κ2) is 5.82. The summed E-state index contributed by atoms with van der Waals surface area (Å²) in [7, 11) is 0. The number of carbonyl (C=O) groups excluding carboxylic acids is 1. The molecular weight excluding hydrogens is 182 g/mol. The van der Waals surface area contributed by atoms with Crippen molar-refractivity contribution in [3.63, 3.8) is 0 Å². The fourth-order valence-corrected chi connectivity index (χ4v) is 1.40. The summed E-state index contributed by atoms with van der Waals surface area (Å²) in [5, 5.41) is 5.95. The number of hydroxylamine groups is 1. The molecule has 1 fully saturated rings. The van der Waals surface area contributed by atoms with E-state index in [9.17, 15) is 4.79 Å². The van der Waals surface area contributed by atoms with Crippen LogP contribution >= 0.6 is 0 Å². The molecule has 1 aliphatic rings. The maximum Gasteiger partial charge on any atom is 0.338 e. The zero-order chi connectivity index (χ0) is 10.4. The van der Waals surface area contributed by atoms with Gasteiger partial charge in [0.15, 0.2) is 0 Å². The van der Waals surface area contributed by atoms with Gasteiger partial charge in [-0.15, -0.1) is 0 Å². The van der Waals surface area contributed by atoms with Gasteiger partial charge in [0.25, 0.3) is 0 Å². The number of rotatable bonds is 4. The molecule has 0 aromatic carbocycles. The van der Waals surface area contributed by atoms with Crippen LogP contribution in [0.15, 0.2) is 0 Å². The molecule has 0 saturated carbocycles. The molecule has 82 valence electrons. The second-order valence-electron chi connectivity index (χ2n) is 3.83. The van der Waals surface area contributed by atoms with Crippen LogP contribution in [-0.4, -0.2) is 31.3 Å². The van der Waals surface area contributed by atoms with Crippen molar-refractivity contribution in [2.75, 3.05) is 13.2 Å². The molecule has 0 aromatic rings. The zero-order valence-electron chi connectivity index (χ0n) is 8.80. The minimum Gasteiger partial charge on any atom is -0.334 e. The molecule has 0 bridgehead atoms. The summed E-state index contributed by atoms with van der Waals surface area (Å²) in [4.78, 5) is 16.1. The third kappa shape index (κ3) is 4.43. The first-order valence-corrected chi connectivity index (χ1v) is 5.10. The maximum atomic E-state index is 11.1. The minimum absolute atomic E-state index is 0.128. The van der Waals surface area contributed by atoms with E-state index in [0.717, 1.165) is 13.0 Å². The molecule has 1 saturated heterocycles. The highest BCUT2D eigenvalue weighted by molar-refractivity contribution is 5.72. The van der Waals surface area contributed by atoms with Gasteiger partial charge in [0, 0.05) is 12.1 Å². The third-order valence-corrected chi connectivity index (χ3v) is 2.03. The highest BCUT2D eigenvalue weighted by atomic mass is 16.7. The van der Waals surface area contributed by atoms with E-state index in [1.54, 1.807) is 0 Å². The van der Waals surface area contributed by atoms with Gasteiger partial charge in [-0.25, -0.2) is 10.3 Å². The molecule has 3 N–H and O–H groups in total. The van der Waals surface area contributed by atoms with E-state index in [0.29, 0.717) is 12.6 Å². The standard InChI is InChI=1S/C9H19N3O2/c1-7(2)11-9(13)12-14-6-8-4-3-5-10-8/h7-8,10H,3-6H2,1-2H3,(H2,11,12,13). The normalized spacial score (nSPS) is 21.2. The van der Waals surface area contributed by atoms with Crippen molar-refractivity contribution in [3.8, 4) is 0 Å². The van der Waals surface area contributed by atoms with E-state index in [1.807, 2.05) is 13.8 Å². The van der Waals surface area contributed by atoms with Crippen LogP contribution in [0.5, 0.6) is 0 Å². The lowest BCUT2D eigenvalue weighted by atomic mass is 10.2. The zero-order valence-corrected chi connectivity index (χ0v) is 8.80. The van der Waals surface area contributed by atoms with Crippen LogP contribution in [0.1, 0.15) is 26.7 Å². The SMILES string of the molecule is CC(C)NC(=O)NOCC1CCCN1. The molecule has 0 aromatic heterocycles. The molecule has 1 aliphatic heterocycles. The van der Waals surface area contributed by atoms with Crippen LogP contribution in [0.4, 0.5) is 4.79 Å². The average molecular weight is 201 g/mol. The Morgan fingerprint density at radius 1 is 1.64 bits per heavy atom. The largest absolute Gasteiger partial charge is 0.338 e. The Hall–Kier alpha value is -0.810. The van der Waals surface area contributed by atoms with Crippen LogP contribution in [-0.2, 0) is 4.84 Å². The van der Waals surface area contributed by atoms with Gasteiger partial charge in [0.05, 0.1) is 6.61 Å². The Morgan fingerprint density at radius 3 is 3.00 bits per heavy atom. The Bertz CT molecular complexity index is 179. The Balaban J connectivity index is 1.99.